The summed E-state index contributed by atoms with van der Waals surface area (Å²) in [6.45, 7) is 4.78. The Morgan fingerprint density at radius 2 is 1.93 bits per heavy atom. The van der Waals surface area contributed by atoms with E-state index in [-0.39, 0.29) is 24.0 Å². The third kappa shape index (κ3) is 4.82. The predicted octanol–water partition coefficient (Wildman–Crippen LogP) is 2.15. The molecular formula is C24H37N3O3. The van der Waals surface area contributed by atoms with Crippen LogP contribution in [0.1, 0.15) is 37.7 Å². The van der Waals surface area contributed by atoms with Crippen LogP contribution in [0.5, 0.6) is 0 Å². The highest BCUT2D eigenvalue weighted by molar-refractivity contribution is 5.79. The third-order valence-electron chi connectivity index (χ3n) is 7.42. The van der Waals surface area contributed by atoms with Crippen molar-refractivity contribution in [1.82, 2.24) is 9.80 Å². The standard InChI is InChI=1S/C24H37N3O3/c1-25(2)20-7-5-19(6-8-20)14-23(29)26-12-9-24(10-13-26)15-22(30-18-24)16-27-11-3-4-21(27)17-28/h5-8,21-22,28H,3-4,9-18H2,1-2H3/t21-,22-/m0/s1. The molecule has 0 aromatic heterocycles. The van der Waals surface area contributed by atoms with Crippen LogP contribution < -0.4 is 4.90 Å². The number of anilines is 1. The van der Waals surface area contributed by atoms with Gasteiger partial charge in [0, 0.05) is 45.5 Å². The number of hydrogen-bond acceptors (Lipinski definition) is 5. The fourth-order valence-corrected chi connectivity index (χ4v) is 5.39. The minimum absolute atomic E-state index is 0.237. The van der Waals surface area contributed by atoms with Gasteiger partial charge in [-0.3, -0.25) is 9.69 Å². The van der Waals surface area contributed by atoms with Crippen molar-refractivity contribution in [3.05, 3.63) is 29.8 Å². The van der Waals surface area contributed by atoms with Crippen LogP contribution in [-0.2, 0) is 16.0 Å². The van der Waals surface area contributed by atoms with Crippen LogP contribution in [0.2, 0.25) is 0 Å². The number of likely N-dealkylation sites (tertiary alicyclic amines) is 2. The van der Waals surface area contributed by atoms with Crippen molar-refractivity contribution in [2.75, 3.05) is 58.4 Å². The zero-order chi connectivity index (χ0) is 21.1. The molecule has 6 nitrogen and oxygen atoms in total. The second-order valence-electron chi connectivity index (χ2n) is 9.73. The first-order chi connectivity index (χ1) is 14.5. The average Bonchev–Trinajstić information content (AvgIpc) is 3.36. The summed E-state index contributed by atoms with van der Waals surface area (Å²) in [5.41, 5.74) is 2.48. The van der Waals surface area contributed by atoms with Crippen molar-refractivity contribution in [3.8, 4) is 0 Å². The lowest BCUT2D eigenvalue weighted by molar-refractivity contribution is -0.132. The van der Waals surface area contributed by atoms with Crippen LogP contribution in [0.3, 0.4) is 0 Å². The lowest BCUT2D eigenvalue weighted by atomic mass is 9.76. The van der Waals surface area contributed by atoms with Gasteiger partial charge in [0.05, 0.1) is 25.7 Å². The zero-order valence-corrected chi connectivity index (χ0v) is 18.6. The maximum absolute atomic E-state index is 12.8. The van der Waals surface area contributed by atoms with E-state index in [9.17, 15) is 9.90 Å². The maximum Gasteiger partial charge on any atom is 0.226 e. The molecule has 30 heavy (non-hydrogen) atoms. The minimum atomic E-state index is 0.237. The molecule has 1 spiro atoms. The Morgan fingerprint density at radius 1 is 1.20 bits per heavy atom. The summed E-state index contributed by atoms with van der Waals surface area (Å²) in [4.78, 5) is 19.3. The highest BCUT2D eigenvalue weighted by Gasteiger charge is 2.44. The molecule has 3 aliphatic rings. The Labute approximate surface area is 180 Å². The van der Waals surface area contributed by atoms with Crippen LogP contribution >= 0.6 is 0 Å². The fourth-order valence-electron chi connectivity index (χ4n) is 5.39. The van der Waals surface area contributed by atoms with Gasteiger partial charge in [-0.25, -0.2) is 0 Å². The Hall–Kier alpha value is -1.63. The second-order valence-corrected chi connectivity index (χ2v) is 9.73. The molecule has 3 saturated heterocycles. The van der Waals surface area contributed by atoms with E-state index in [4.69, 9.17) is 4.74 Å². The van der Waals surface area contributed by atoms with Crippen molar-refractivity contribution < 1.29 is 14.6 Å². The second kappa shape index (κ2) is 9.25. The topological polar surface area (TPSA) is 56.2 Å². The Morgan fingerprint density at radius 3 is 2.60 bits per heavy atom. The van der Waals surface area contributed by atoms with Gasteiger partial charge in [-0.05, 0) is 61.8 Å². The summed E-state index contributed by atoms with van der Waals surface area (Å²) >= 11 is 0. The smallest absolute Gasteiger partial charge is 0.226 e. The molecule has 3 aliphatic heterocycles. The molecule has 1 aromatic carbocycles. The number of hydrogen-bond donors (Lipinski definition) is 1. The van der Waals surface area contributed by atoms with E-state index in [0.29, 0.717) is 12.5 Å². The quantitative estimate of drug-likeness (QED) is 0.772. The van der Waals surface area contributed by atoms with Crippen LogP contribution in [0.25, 0.3) is 0 Å². The molecule has 0 aliphatic carbocycles. The number of aliphatic hydroxyl groups is 1. The highest BCUT2D eigenvalue weighted by atomic mass is 16.5. The van der Waals surface area contributed by atoms with E-state index in [2.05, 4.69) is 34.1 Å². The lowest BCUT2D eigenvalue weighted by Gasteiger charge is -2.38. The normalized spacial score (nSPS) is 26.4. The van der Waals surface area contributed by atoms with Crippen molar-refractivity contribution in [2.24, 2.45) is 5.41 Å². The zero-order valence-electron chi connectivity index (χ0n) is 18.6. The number of piperidine rings is 1. The average molecular weight is 416 g/mol. The van der Waals surface area contributed by atoms with E-state index in [1.165, 1.54) is 6.42 Å². The van der Waals surface area contributed by atoms with Gasteiger partial charge >= 0.3 is 0 Å². The summed E-state index contributed by atoms with van der Waals surface area (Å²) in [5, 5.41) is 9.56. The molecule has 4 rings (SSSR count). The summed E-state index contributed by atoms with van der Waals surface area (Å²) < 4.78 is 6.19. The number of nitrogens with zero attached hydrogens (tertiary/aromatic N) is 3. The molecule has 1 N–H and O–H groups in total. The first-order valence-corrected chi connectivity index (χ1v) is 11.5. The molecule has 1 amide bonds. The fraction of sp³-hybridized carbons (Fsp3) is 0.708. The van der Waals surface area contributed by atoms with Gasteiger partial charge in [0.1, 0.15) is 0 Å². The maximum atomic E-state index is 12.8. The van der Waals surface area contributed by atoms with Gasteiger partial charge in [-0.1, -0.05) is 12.1 Å². The monoisotopic (exact) mass is 415 g/mol. The van der Waals surface area contributed by atoms with Crippen molar-refractivity contribution >= 4 is 11.6 Å². The summed E-state index contributed by atoms with van der Waals surface area (Å²) in [7, 11) is 4.05. The van der Waals surface area contributed by atoms with Crippen LogP contribution in [0, 0.1) is 5.41 Å². The van der Waals surface area contributed by atoms with Crippen LogP contribution in [0.15, 0.2) is 24.3 Å². The molecule has 1 aromatic rings. The van der Waals surface area contributed by atoms with Gasteiger partial charge < -0.3 is 19.6 Å². The SMILES string of the molecule is CN(C)c1ccc(CC(=O)N2CCC3(CC2)CO[C@H](CN2CCC[C@H]2CO)C3)cc1. The number of carbonyl (C=O) groups excluding carboxylic acids is 1. The highest BCUT2D eigenvalue weighted by Crippen LogP contribution is 2.42. The predicted molar refractivity (Wildman–Crippen MR) is 119 cm³/mol. The van der Waals surface area contributed by atoms with E-state index in [0.717, 1.165) is 69.7 Å². The summed E-state index contributed by atoms with van der Waals surface area (Å²) in [6, 6.07) is 8.59. The number of amides is 1. The van der Waals surface area contributed by atoms with Gasteiger partial charge in [0.2, 0.25) is 5.91 Å². The first-order valence-electron chi connectivity index (χ1n) is 11.5. The minimum Gasteiger partial charge on any atom is -0.395 e. The third-order valence-corrected chi connectivity index (χ3v) is 7.42. The summed E-state index contributed by atoms with van der Waals surface area (Å²) in [5.74, 6) is 0.237. The van der Waals surface area contributed by atoms with E-state index < -0.39 is 0 Å². The van der Waals surface area contributed by atoms with Gasteiger partial charge in [0.25, 0.3) is 0 Å². The van der Waals surface area contributed by atoms with E-state index in [1.54, 1.807) is 0 Å². The Balaban J connectivity index is 1.25. The molecule has 3 fully saturated rings. The van der Waals surface area contributed by atoms with Crippen molar-refractivity contribution in [3.63, 3.8) is 0 Å². The molecule has 0 bridgehead atoms. The summed E-state index contributed by atoms with van der Waals surface area (Å²) in [6.07, 6.45) is 6.21. The van der Waals surface area contributed by atoms with Crippen LogP contribution in [-0.4, -0.2) is 86.4 Å². The van der Waals surface area contributed by atoms with E-state index >= 15 is 0 Å². The van der Waals surface area contributed by atoms with Crippen LogP contribution in [0.4, 0.5) is 5.69 Å². The number of aliphatic hydroxyl groups excluding tert-OH is 1. The molecule has 3 heterocycles. The number of carbonyl (C=O) groups is 1. The lowest BCUT2D eigenvalue weighted by Crippen LogP contribution is -2.44. The number of benzene rings is 1. The molecule has 166 valence electrons. The molecule has 0 radical (unpaired) electrons. The Bertz CT molecular complexity index is 713. The van der Waals surface area contributed by atoms with Gasteiger partial charge in [0.15, 0.2) is 0 Å². The van der Waals surface area contributed by atoms with Crippen molar-refractivity contribution in [2.45, 2.75) is 50.7 Å². The Kier molecular flexibility index (Phi) is 6.66. The van der Waals surface area contributed by atoms with Gasteiger partial charge in [-0.15, -0.1) is 0 Å². The number of ether oxygens (including phenoxy) is 1. The molecule has 2 atom stereocenters. The molecule has 0 saturated carbocycles. The largest absolute Gasteiger partial charge is 0.395 e. The molecular weight excluding hydrogens is 378 g/mol. The number of rotatable bonds is 6. The van der Waals surface area contributed by atoms with E-state index in [1.807, 2.05) is 19.0 Å². The van der Waals surface area contributed by atoms with Crippen molar-refractivity contribution in [1.29, 1.82) is 0 Å². The van der Waals surface area contributed by atoms with Gasteiger partial charge in [-0.2, -0.15) is 0 Å². The first kappa shape index (κ1) is 21.6. The molecule has 6 heteroatoms. The molecule has 0 unspecified atom stereocenters.